The Morgan fingerprint density at radius 2 is 1.73 bits per heavy atom. The van der Waals surface area contributed by atoms with Crippen LogP contribution in [0.2, 0.25) is 0 Å². The molecule has 1 unspecified atom stereocenters. The molecular weight excluding hydrogens is 510 g/mol. The van der Waals surface area contributed by atoms with Crippen LogP contribution in [0.3, 0.4) is 0 Å². The smallest absolute Gasteiger partial charge is 0.252 e. The molecule has 2 fully saturated rings. The summed E-state index contributed by atoms with van der Waals surface area (Å²) in [5, 5.41) is 0. The first-order valence-electron chi connectivity index (χ1n) is 15.0. The van der Waals surface area contributed by atoms with Crippen molar-refractivity contribution in [3.05, 3.63) is 82.5 Å². The maximum absolute atomic E-state index is 11.4. The van der Waals surface area contributed by atoms with E-state index in [4.69, 9.17) is 16.2 Å². The molecule has 1 aromatic heterocycles. The number of hydrogen-bond donors (Lipinski definition) is 2. The molecule has 7 heteroatoms. The summed E-state index contributed by atoms with van der Waals surface area (Å²) in [5.74, 6) is -0.398. The molecule has 1 aliphatic heterocycles. The van der Waals surface area contributed by atoms with Crippen LogP contribution in [-0.4, -0.2) is 60.0 Å². The molecule has 1 aliphatic carbocycles. The third-order valence-corrected chi connectivity index (χ3v) is 8.44. The molecule has 1 saturated heterocycles. The van der Waals surface area contributed by atoms with Gasteiger partial charge in [0.05, 0.1) is 18.3 Å². The van der Waals surface area contributed by atoms with Gasteiger partial charge in [-0.05, 0) is 80.6 Å². The number of likely N-dealkylation sites (N-methyl/N-ethyl adjacent to an activating group) is 1. The minimum Gasteiger partial charge on any atom is -0.383 e. The molecule has 0 bridgehead atoms. The summed E-state index contributed by atoms with van der Waals surface area (Å²) in [6, 6.07) is 17.4. The largest absolute Gasteiger partial charge is 0.383 e. The van der Waals surface area contributed by atoms with E-state index >= 15 is 0 Å². The van der Waals surface area contributed by atoms with Crippen molar-refractivity contribution >= 4 is 11.7 Å². The van der Waals surface area contributed by atoms with E-state index in [0.29, 0.717) is 12.1 Å². The summed E-state index contributed by atoms with van der Waals surface area (Å²) in [7, 11) is 4.29. The molecule has 2 heterocycles. The van der Waals surface area contributed by atoms with Gasteiger partial charge in [0.15, 0.2) is 0 Å². The van der Waals surface area contributed by atoms with Crippen LogP contribution in [0, 0.1) is 6.92 Å². The van der Waals surface area contributed by atoms with E-state index in [0.717, 1.165) is 43.8 Å². The second kappa shape index (κ2) is 14.6. The topological polar surface area (TPSA) is 97.7 Å². The lowest BCUT2D eigenvalue weighted by Gasteiger charge is -2.20. The summed E-state index contributed by atoms with van der Waals surface area (Å²) in [4.78, 5) is 20.3. The molecule has 2 aliphatic rings. The predicted molar refractivity (Wildman–Crippen MR) is 168 cm³/mol. The fraction of sp³-hybridized carbons (Fsp3) is 0.471. The van der Waals surface area contributed by atoms with Gasteiger partial charge < -0.3 is 21.1 Å². The number of pyridine rings is 1. The molecule has 220 valence electrons. The number of nitrogens with zero attached hydrogens (tertiary/aromatic N) is 3. The first-order valence-corrected chi connectivity index (χ1v) is 15.0. The monoisotopic (exact) mass is 557 g/mol. The number of nitrogens with two attached hydrogens (primary N) is 2. The van der Waals surface area contributed by atoms with E-state index in [-0.39, 0.29) is 11.4 Å². The molecule has 3 aromatic rings. The SMILES string of the molecule is CCc1cc(COC2CCCC2)ccc1C.CN(C)C1CCN(Cc2ccc(-c3cnc(N)c(C(N)=O)c3)cc2)C1. The number of hydrogen-bond acceptors (Lipinski definition) is 6. The average Bonchev–Trinajstić information content (AvgIpc) is 3.66. The Kier molecular flexibility index (Phi) is 10.9. The number of carbonyl (C=O) groups is 1. The van der Waals surface area contributed by atoms with Crippen LogP contribution in [-0.2, 0) is 24.3 Å². The summed E-state index contributed by atoms with van der Waals surface area (Å²) in [6.45, 7) is 8.38. The van der Waals surface area contributed by atoms with Gasteiger partial charge >= 0.3 is 0 Å². The third-order valence-electron chi connectivity index (χ3n) is 8.44. The van der Waals surface area contributed by atoms with E-state index in [1.807, 2.05) is 12.1 Å². The number of rotatable bonds is 9. The number of aromatic nitrogens is 1. The van der Waals surface area contributed by atoms with Crippen LogP contribution in [0.1, 0.15) is 71.6 Å². The highest BCUT2D eigenvalue weighted by Crippen LogP contribution is 2.24. The van der Waals surface area contributed by atoms with Crippen molar-refractivity contribution in [1.29, 1.82) is 0 Å². The van der Waals surface area contributed by atoms with Crippen molar-refractivity contribution in [3.63, 3.8) is 0 Å². The zero-order valence-electron chi connectivity index (χ0n) is 25.2. The highest BCUT2D eigenvalue weighted by Gasteiger charge is 2.23. The first-order chi connectivity index (χ1) is 19.7. The number of ether oxygens (including phenoxy) is 1. The van der Waals surface area contributed by atoms with Crippen LogP contribution in [0.25, 0.3) is 11.1 Å². The molecule has 1 atom stereocenters. The van der Waals surface area contributed by atoms with Crippen molar-refractivity contribution in [1.82, 2.24) is 14.8 Å². The van der Waals surface area contributed by atoms with Gasteiger partial charge in [-0.2, -0.15) is 0 Å². The van der Waals surface area contributed by atoms with Crippen LogP contribution >= 0.6 is 0 Å². The number of amides is 1. The van der Waals surface area contributed by atoms with E-state index in [2.05, 4.69) is 73.1 Å². The molecule has 2 aromatic carbocycles. The number of primary amides is 1. The Balaban J connectivity index is 0.000000208. The van der Waals surface area contributed by atoms with Crippen molar-refractivity contribution in [2.75, 3.05) is 32.9 Å². The number of benzene rings is 2. The number of nitrogen functional groups attached to an aromatic ring is 1. The van der Waals surface area contributed by atoms with Crippen LogP contribution in [0.5, 0.6) is 0 Å². The van der Waals surface area contributed by atoms with E-state index in [1.165, 1.54) is 54.4 Å². The lowest BCUT2D eigenvalue weighted by atomic mass is 10.0. The molecule has 0 radical (unpaired) electrons. The molecule has 41 heavy (non-hydrogen) atoms. The molecule has 5 rings (SSSR count). The predicted octanol–water partition coefficient (Wildman–Crippen LogP) is 5.58. The zero-order chi connectivity index (χ0) is 29.4. The normalized spacial score (nSPS) is 17.5. The summed E-state index contributed by atoms with van der Waals surface area (Å²) >= 11 is 0. The maximum Gasteiger partial charge on any atom is 0.252 e. The summed E-state index contributed by atoms with van der Waals surface area (Å²) in [6.07, 6.45) is 9.72. The molecule has 4 N–H and O–H groups in total. The van der Waals surface area contributed by atoms with Crippen molar-refractivity contribution in [2.24, 2.45) is 5.73 Å². The van der Waals surface area contributed by atoms with Gasteiger partial charge in [-0.3, -0.25) is 9.69 Å². The standard InChI is InChI=1S/C19H25N5O.C15H22O/c1-23(2)16-7-8-24(12-16)11-13-3-5-14(6-4-13)15-9-17(19(21)25)18(20)22-10-15;1-3-14-10-13(9-8-12(14)2)11-16-15-6-4-5-7-15/h3-6,9-10,16H,7-8,11-12H2,1-2H3,(H2,20,22)(H2,21,25);8-10,15H,3-7,11H2,1-2H3. The highest BCUT2D eigenvalue weighted by molar-refractivity contribution is 5.98. The second-order valence-corrected chi connectivity index (χ2v) is 11.7. The van der Waals surface area contributed by atoms with Gasteiger partial charge in [0.1, 0.15) is 5.82 Å². The molecule has 0 spiro atoms. The minimum atomic E-state index is -0.562. The lowest BCUT2D eigenvalue weighted by Crippen LogP contribution is -2.31. The first kappa shape index (κ1) is 30.7. The van der Waals surface area contributed by atoms with Crippen molar-refractivity contribution in [2.45, 2.75) is 77.7 Å². The van der Waals surface area contributed by atoms with E-state index in [1.54, 1.807) is 12.3 Å². The highest BCUT2D eigenvalue weighted by atomic mass is 16.5. The van der Waals surface area contributed by atoms with Gasteiger partial charge in [0.25, 0.3) is 5.91 Å². The average molecular weight is 558 g/mol. The summed E-state index contributed by atoms with van der Waals surface area (Å²) < 4.78 is 5.93. The van der Waals surface area contributed by atoms with Gasteiger partial charge in [0.2, 0.25) is 0 Å². The fourth-order valence-electron chi connectivity index (χ4n) is 5.73. The van der Waals surface area contributed by atoms with Crippen molar-refractivity contribution < 1.29 is 9.53 Å². The molecule has 1 saturated carbocycles. The zero-order valence-corrected chi connectivity index (χ0v) is 25.2. The fourth-order valence-corrected chi connectivity index (χ4v) is 5.73. The van der Waals surface area contributed by atoms with Gasteiger partial charge in [-0.25, -0.2) is 4.98 Å². The lowest BCUT2D eigenvalue weighted by molar-refractivity contribution is 0.0456. The Labute approximate surface area is 245 Å². The van der Waals surface area contributed by atoms with Gasteiger partial charge in [0, 0.05) is 37.4 Å². The number of aryl methyl sites for hydroxylation is 2. The Bertz CT molecular complexity index is 1280. The molecule has 7 nitrogen and oxygen atoms in total. The van der Waals surface area contributed by atoms with E-state index < -0.39 is 5.91 Å². The number of carbonyl (C=O) groups excluding carboxylic acids is 1. The van der Waals surface area contributed by atoms with Crippen LogP contribution in [0.15, 0.2) is 54.7 Å². The third kappa shape index (κ3) is 8.62. The maximum atomic E-state index is 11.4. The molecular formula is C34H47N5O2. The Morgan fingerprint density at radius 3 is 2.37 bits per heavy atom. The minimum absolute atomic E-state index is 0.164. The Hall–Kier alpha value is -3.26. The van der Waals surface area contributed by atoms with Gasteiger partial charge in [-0.15, -0.1) is 0 Å². The molecule has 1 amide bonds. The van der Waals surface area contributed by atoms with Gasteiger partial charge in [-0.1, -0.05) is 62.2 Å². The van der Waals surface area contributed by atoms with Crippen molar-refractivity contribution in [3.8, 4) is 11.1 Å². The quantitative estimate of drug-likeness (QED) is 0.356. The second-order valence-electron chi connectivity index (χ2n) is 11.7. The summed E-state index contributed by atoms with van der Waals surface area (Å²) in [5.41, 5.74) is 18.6. The number of anilines is 1. The Morgan fingerprint density at radius 1 is 1.02 bits per heavy atom. The number of likely N-dealkylation sites (tertiary alicyclic amines) is 1. The van der Waals surface area contributed by atoms with E-state index in [9.17, 15) is 4.79 Å². The van der Waals surface area contributed by atoms with Crippen LogP contribution < -0.4 is 11.5 Å². The van der Waals surface area contributed by atoms with Crippen LogP contribution in [0.4, 0.5) is 5.82 Å².